The summed E-state index contributed by atoms with van der Waals surface area (Å²) in [5, 5.41) is 9.91. The fourth-order valence-electron chi connectivity index (χ4n) is 3.05. The second-order valence-corrected chi connectivity index (χ2v) is 26.2. The molecule has 0 aromatic heterocycles. The zero-order valence-corrected chi connectivity index (χ0v) is 15.5. The molecule has 0 amide bonds. The average molecular weight is 318 g/mol. The van der Waals surface area contributed by atoms with Crippen LogP contribution in [0.2, 0.25) is 20.9 Å². The number of rotatable bonds is 2. The second-order valence-electron chi connectivity index (χ2n) is 8.82. The maximum absolute atomic E-state index is 3.97. The van der Waals surface area contributed by atoms with Crippen molar-refractivity contribution in [3.8, 4) is 0 Å². The molecule has 1 aliphatic rings. The molecule has 1 N–H and O–H groups in total. The van der Waals surface area contributed by atoms with Gasteiger partial charge >= 0.3 is 93.8 Å². The summed E-state index contributed by atoms with van der Waals surface area (Å²) < 4.78 is 5.60. The number of halogens is 2. The first kappa shape index (κ1) is 20.1. The number of hydrogen-bond donors (Lipinski definition) is 1. The molecule has 4 heteroatoms. The number of allylic oxidation sites excluding steroid dienone is 4. The van der Waals surface area contributed by atoms with Crippen LogP contribution in [0.4, 0.5) is 0 Å². The van der Waals surface area contributed by atoms with Gasteiger partial charge in [0.2, 0.25) is 0 Å². The van der Waals surface area contributed by atoms with E-state index in [1.165, 1.54) is 0 Å². The van der Waals surface area contributed by atoms with Gasteiger partial charge in [-0.3, -0.25) is 0 Å². The van der Waals surface area contributed by atoms with E-state index in [4.69, 9.17) is 0 Å². The van der Waals surface area contributed by atoms with Crippen LogP contribution in [0.1, 0.15) is 27.2 Å². The molecule has 0 atom stereocenters. The molecule has 1 aliphatic carbocycles. The molecule has 0 radical (unpaired) electrons. The Bertz CT molecular complexity index is 341. The summed E-state index contributed by atoms with van der Waals surface area (Å²) in [6, 6.07) is 0. The van der Waals surface area contributed by atoms with Crippen LogP contribution in [0, 0.1) is 0 Å². The van der Waals surface area contributed by atoms with Crippen molar-refractivity contribution in [1.29, 1.82) is 0 Å². The molecular formula is C13H29Cl2NTi. The summed E-state index contributed by atoms with van der Waals surface area (Å²) in [4.78, 5) is 0. The second kappa shape index (κ2) is 4.69. The molecule has 0 unspecified atom stereocenters. The Balaban J connectivity index is 0. The fraction of sp³-hybridized carbons (Fsp3) is 0.692. The van der Waals surface area contributed by atoms with Crippen molar-refractivity contribution >= 4 is 24.8 Å². The minimum Gasteiger partial charge on any atom is -0.147 e. The standard InChI is InChI=1S/C5H5.C4H10N.4CH3.2ClH.Ti/c1-2-4-5-3-1;1-4(2,3)5;;;;;;;/h1-3H,4H2;5H,1-3H3;4*1H3;2*1H;/q;-1;;;;;;;+1. The van der Waals surface area contributed by atoms with Gasteiger partial charge in [0.25, 0.3) is 0 Å². The van der Waals surface area contributed by atoms with E-state index < -0.39 is 14.3 Å². The Hall–Kier alpha value is 0.734. The van der Waals surface area contributed by atoms with Crippen molar-refractivity contribution < 1.29 is 14.3 Å². The number of hydrogen-bond acceptors (Lipinski definition) is 1. The van der Waals surface area contributed by atoms with Gasteiger partial charge in [0.15, 0.2) is 0 Å². The first-order valence-corrected chi connectivity index (χ1v) is 13.8. The van der Waals surface area contributed by atoms with Crippen LogP contribution in [-0.4, -0.2) is 5.54 Å². The predicted molar refractivity (Wildman–Crippen MR) is 82.7 cm³/mol. The van der Waals surface area contributed by atoms with Crippen molar-refractivity contribution in [2.45, 2.75) is 53.6 Å². The van der Waals surface area contributed by atoms with Gasteiger partial charge in [-0.05, 0) is 0 Å². The molecular weight excluding hydrogens is 289 g/mol. The minimum atomic E-state index is -3.15. The summed E-state index contributed by atoms with van der Waals surface area (Å²) in [6.45, 7) is 6.79. The summed E-state index contributed by atoms with van der Waals surface area (Å²) in [5.74, 6) is 0. The smallest absolute Gasteiger partial charge is 0.147 e. The molecule has 1 rings (SSSR count). The zero-order chi connectivity index (χ0) is 12.0. The Kier molecular flexibility index (Phi) is 5.53. The molecule has 1 nitrogen and oxygen atoms in total. The molecule has 0 aromatic carbocycles. The van der Waals surface area contributed by atoms with E-state index in [-0.39, 0.29) is 30.4 Å². The molecule has 17 heavy (non-hydrogen) atoms. The normalized spacial score (nSPS) is 19.6. The van der Waals surface area contributed by atoms with Crippen LogP contribution in [0.3, 0.4) is 0 Å². The Labute approximate surface area is 118 Å². The van der Waals surface area contributed by atoms with Crippen LogP contribution in [0.5, 0.6) is 0 Å². The quantitative estimate of drug-likeness (QED) is 0.673. The Morgan fingerprint density at radius 2 is 1.53 bits per heavy atom. The SMILES string of the molecule is CC(C)(C)[NH][Ti]([CH3])([CH3])([CH3])([CH3])[C]1=CC=CC1.Cl.Cl. The maximum atomic E-state index is 3.97. The van der Waals surface area contributed by atoms with Gasteiger partial charge in [-0.2, -0.15) is 0 Å². The van der Waals surface area contributed by atoms with E-state index in [0.29, 0.717) is 0 Å². The van der Waals surface area contributed by atoms with Crippen LogP contribution in [0.25, 0.3) is 0 Å². The third-order valence-electron chi connectivity index (χ3n) is 3.15. The third-order valence-corrected chi connectivity index (χ3v) is 11.2. The topological polar surface area (TPSA) is 12.0 Å². The molecule has 104 valence electrons. The van der Waals surface area contributed by atoms with Gasteiger partial charge in [0.05, 0.1) is 0 Å². The molecule has 0 aromatic rings. The van der Waals surface area contributed by atoms with Crippen molar-refractivity contribution in [2.24, 2.45) is 0 Å². The summed E-state index contributed by atoms with van der Waals surface area (Å²) >= 11 is -3.15. The van der Waals surface area contributed by atoms with Gasteiger partial charge in [0.1, 0.15) is 0 Å². The molecule has 0 aliphatic heterocycles. The van der Waals surface area contributed by atoms with Gasteiger partial charge in [-0.1, -0.05) is 0 Å². The van der Waals surface area contributed by atoms with E-state index in [1.54, 1.807) is 3.88 Å². The third kappa shape index (κ3) is 5.49. The predicted octanol–water partition coefficient (Wildman–Crippen LogP) is 5.39. The summed E-state index contributed by atoms with van der Waals surface area (Å²) in [7, 11) is 0. The van der Waals surface area contributed by atoms with Crippen molar-refractivity contribution in [3.05, 3.63) is 22.1 Å². The van der Waals surface area contributed by atoms with Crippen LogP contribution in [-0.2, 0) is 14.3 Å². The van der Waals surface area contributed by atoms with Crippen molar-refractivity contribution in [1.82, 2.24) is 3.80 Å². The fourth-order valence-corrected chi connectivity index (χ4v) is 11.5. The maximum Gasteiger partial charge on any atom is -0.147 e. The van der Waals surface area contributed by atoms with E-state index in [1.807, 2.05) is 0 Å². The molecule has 0 fully saturated rings. The average Bonchev–Trinajstić information content (AvgIpc) is 2.24. The van der Waals surface area contributed by atoms with Gasteiger partial charge < -0.3 is 0 Å². The van der Waals surface area contributed by atoms with Crippen LogP contribution < -0.4 is 3.80 Å². The summed E-state index contributed by atoms with van der Waals surface area (Å²) in [6.07, 6.45) is 7.92. The Morgan fingerprint density at radius 1 is 1.06 bits per heavy atom. The van der Waals surface area contributed by atoms with E-state index in [9.17, 15) is 0 Å². The number of nitrogens with one attached hydrogen (secondary N) is 1. The van der Waals surface area contributed by atoms with Crippen molar-refractivity contribution in [3.63, 3.8) is 0 Å². The van der Waals surface area contributed by atoms with Gasteiger partial charge in [0, 0.05) is 0 Å². The van der Waals surface area contributed by atoms with Crippen LogP contribution >= 0.6 is 24.8 Å². The van der Waals surface area contributed by atoms with Gasteiger partial charge in [-0.15, -0.1) is 24.8 Å². The van der Waals surface area contributed by atoms with E-state index in [2.05, 4.69) is 63.7 Å². The molecule has 0 saturated carbocycles. The molecule has 0 heterocycles. The Morgan fingerprint density at radius 3 is 1.82 bits per heavy atom. The van der Waals surface area contributed by atoms with Crippen LogP contribution in [0.15, 0.2) is 22.1 Å². The van der Waals surface area contributed by atoms with E-state index in [0.717, 1.165) is 6.42 Å². The minimum absolute atomic E-state index is 0. The largest absolute Gasteiger partial charge is 0.147 e. The molecule has 0 saturated heterocycles. The van der Waals surface area contributed by atoms with Crippen molar-refractivity contribution in [2.75, 3.05) is 0 Å². The van der Waals surface area contributed by atoms with E-state index >= 15 is 0 Å². The first-order chi connectivity index (χ1) is 6.33. The molecule has 0 spiro atoms. The molecule has 0 bridgehead atoms. The first-order valence-electron chi connectivity index (χ1n) is 5.97. The zero-order valence-electron chi connectivity index (χ0n) is 12.3. The van der Waals surface area contributed by atoms with Gasteiger partial charge in [-0.25, -0.2) is 0 Å². The summed E-state index contributed by atoms with van der Waals surface area (Å²) in [5.41, 5.74) is 0.182. The monoisotopic (exact) mass is 317 g/mol.